The predicted octanol–water partition coefficient (Wildman–Crippen LogP) is -0.00400. The number of benzene rings is 1. The zero-order chi connectivity index (χ0) is 16.0. The first-order chi connectivity index (χ1) is 10.4. The van der Waals surface area contributed by atoms with E-state index in [2.05, 4.69) is 5.32 Å². The lowest BCUT2D eigenvalue weighted by atomic mass is 10.1. The van der Waals surface area contributed by atoms with Crippen LogP contribution in [0, 0.1) is 10.1 Å². The average molecular weight is 304 g/mol. The van der Waals surface area contributed by atoms with Gasteiger partial charge in [-0.3, -0.25) is 39.5 Å². The molecule has 0 aliphatic carbocycles. The number of nitro benzene ring substituents is 1. The number of nitrogens with zero attached hydrogens (tertiary/aromatic N) is 2. The fourth-order valence-corrected chi connectivity index (χ4v) is 2.65. The molecule has 2 heterocycles. The van der Waals surface area contributed by atoms with Gasteiger partial charge in [0.15, 0.2) is 0 Å². The van der Waals surface area contributed by atoms with E-state index in [9.17, 15) is 29.3 Å². The summed E-state index contributed by atoms with van der Waals surface area (Å²) >= 11 is 0. The summed E-state index contributed by atoms with van der Waals surface area (Å²) in [6, 6.07) is 2.59. The number of piperidine rings is 1. The maximum absolute atomic E-state index is 12.4. The van der Waals surface area contributed by atoms with Crippen molar-refractivity contribution in [2.24, 2.45) is 0 Å². The molecule has 3 rings (SSSR count). The Labute approximate surface area is 123 Å². The molecule has 1 aromatic rings. The van der Waals surface area contributed by atoms with Crippen LogP contribution in [0.25, 0.3) is 0 Å². The number of amides is 4. The van der Waals surface area contributed by atoms with Crippen molar-refractivity contribution in [3.63, 3.8) is 0 Å². The van der Waals surface area contributed by atoms with E-state index >= 15 is 0 Å². The number of nitro groups is 1. The third-order valence-corrected chi connectivity index (χ3v) is 3.64. The molecule has 1 atom stereocenters. The van der Waals surface area contributed by atoms with Crippen molar-refractivity contribution in [2.75, 3.05) is 0 Å². The zero-order valence-electron chi connectivity index (χ0n) is 11.1. The lowest BCUT2D eigenvalue weighted by Crippen LogP contribution is -2.54. The molecule has 0 spiro atoms. The Morgan fingerprint density at radius 1 is 1.18 bits per heavy atom. The van der Waals surface area contributed by atoms with Crippen LogP contribution < -0.4 is 5.32 Å². The van der Waals surface area contributed by atoms with E-state index in [1.165, 1.54) is 12.1 Å². The first-order valence-corrected chi connectivity index (χ1v) is 6.41. The highest BCUT2D eigenvalue weighted by molar-refractivity contribution is 6.25. The van der Waals surface area contributed by atoms with Crippen LogP contribution in [0.2, 0.25) is 0 Å². The molecule has 9 nitrogen and oxygen atoms in total. The molecular formula is C13H9N3O6. The van der Waals surface area contributed by atoms with Crippen LogP contribution in [0.1, 0.15) is 33.6 Å². The van der Waals surface area contributed by atoms with Crippen molar-refractivity contribution in [2.45, 2.75) is 18.9 Å². The van der Waals surface area contributed by atoms with Gasteiger partial charge in [0.2, 0.25) is 11.8 Å². The number of carbonyl (C=O) groups excluding carboxylic acids is 4. The number of imide groups is 2. The predicted molar refractivity (Wildman–Crippen MR) is 69.8 cm³/mol. The molecule has 112 valence electrons. The summed E-state index contributed by atoms with van der Waals surface area (Å²) in [7, 11) is 0. The summed E-state index contributed by atoms with van der Waals surface area (Å²) in [4.78, 5) is 58.7. The van der Waals surface area contributed by atoms with Crippen LogP contribution in [0.3, 0.4) is 0 Å². The minimum atomic E-state index is -1.13. The highest BCUT2D eigenvalue weighted by Crippen LogP contribution is 2.33. The Morgan fingerprint density at radius 3 is 2.55 bits per heavy atom. The van der Waals surface area contributed by atoms with E-state index < -0.39 is 40.3 Å². The Balaban J connectivity index is 2.04. The molecule has 9 heteroatoms. The van der Waals surface area contributed by atoms with Gasteiger partial charge < -0.3 is 0 Å². The Bertz CT molecular complexity index is 756. The van der Waals surface area contributed by atoms with E-state index in [1.807, 2.05) is 0 Å². The number of nitrogens with one attached hydrogen (secondary N) is 1. The summed E-state index contributed by atoms with van der Waals surface area (Å²) in [5, 5.41) is 13.1. The Kier molecular flexibility index (Phi) is 2.98. The molecule has 0 radical (unpaired) electrons. The summed E-state index contributed by atoms with van der Waals surface area (Å²) in [5.74, 6) is -2.89. The molecule has 22 heavy (non-hydrogen) atoms. The molecule has 4 amide bonds. The van der Waals surface area contributed by atoms with Gasteiger partial charge in [0.05, 0.1) is 10.5 Å². The third kappa shape index (κ3) is 1.86. The summed E-state index contributed by atoms with van der Waals surface area (Å²) in [6.45, 7) is 0. The summed E-state index contributed by atoms with van der Waals surface area (Å²) < 4.78 is 0. The lowest BCUT2D eigenvalue weighted by molar-refractivity contribution is -0.385. The van der Waals surface area contributed by atoms with Gasteiger partial charge in [0.25, 0.3) is 17.5 Å². The van der Waals surface area contributed by atoms with Crippen LogP contribution in [0.4, 0.5) is 5.69 Å². The maximum atomic E-state index is 12.4. The second-order valence-corrected chi connectivity index (χ2v) is 4.90. The quantitative estimate of drug-likeness (QED) is 0.354. The van der Waals surface area contributed by atoms with Gasteiger partial charge in [0.1, 0.15) is 11.6 Å². The van der Waals surface area contributed by atoms with E-state index in [-0.39, 0.29) is 24.0 Å². The lowest BCUT2D eigenvalue weighted by Gasteiger charge is -2.27. The van der Waals surface area contributed by atoms with E-state index in [4.69, 9.17) is 0 Å². The standard InChI is InChI=1S/C13H9N3O6/c17-9-5-4-8(11(18)14-9)15-12(19)6-2-1-3-7(16(21)22)10(6)13(15)20/h1-3,8H,4-5H2,(H,14,17,18)/i15+1. The van der Waals surface area contributed by atoms with Crippen LogP contribution >= 0.6 is 0 Å². The monoisotopic (exact) mass is 304 g/mol. The normalized spacial score (nSPS) is 20.9. The fraction of sp³-hybridized carbons (Fsp3) is 0.231. The zero-order valence-corrected chi connectivity index (χ0v) is 11.1. The van der Waals surface area contributed by atoms with Gasteiger partial charge in [-0.05, 0) is 12.5 Å². The Morgan fingerprint density at radius 2 is 1.91 bits per heavy atom. The minimum Gasteiger partial charge on any atom is -0.295 e. The number of rotatable bonds is 2. The Hall–Kier alpha value is -3.10. The molecule has 1 N–H and O–H groups in total. The number of hydrogen-bond donors (Lipinski definition) is 1. The van der Waals surface area contributed by atoms with Crippen LogP contribution in [0.5, 0.6) is 0 Å². The summed E-state index contributed by atoms with van der Waals surface area (Å²) in [6.07, 6.45) is -0.00413. The van der Waals surface area contributed by atoms with Gasteiger partial charge in [-0.15, -0.1) is 0 Å². The van der Waals surface area contributed by atoms with Gasteiger partial charge in [-0.25, -0.2) is 0 Å². The van der Waals surface area contributed by atoms with Crippen LogP contribution in [-0.2, 0) is 9.59 Å². The van der Waals surface area contributed by atoms with Crippen LogP contribution in [0.15, 0.2) is 18.2 Å². The molecule has 1 saturated heterocycles. The molecule has 2 aliphatic rings. The topological polar surface area (TPSA) is 127 Å². The van der Waals surface area contributed by atoms with Gasteiger partial charge in [-0.1, -0.05) is 6.07 Å². The number of fused-ring (bicyclic) bond motifs is 1. The minimum absolute atomic E-state index is 0.00390. The molecule has 2 aliphatic heterocycles. The van der Waals surface area contributed by atoms with Crippen molar-refractivity contribution in [1.29, 1.82) is 0 Å². The van der Waals surface area contributed by atoms with Crippen molar-refractivity contribution in [1.82, 2.24) is 10.2 Å². The third-order valence-electron chi connectivity index (χ3n) is 3.64. The molecule has 0 saturated carbocycles. The van der Waals surface area contributed by atoms with Crippen molar-refractivity contribution < 1.29 is 24.1 Å². The first kappa shape index (κ1) is 13.9. The van der Waals surface area contributed by atoms with Gasteiger partial charge in [-0.2, -0.15) is 0 Å². The molecule has 1 aromatic carbocycles. The number of carbonyl (C=O) groups is 4. The highest BCUT2D eigenvalue weighted by atomic mass is 16.6. The van der Waals surface area contributed by atoms with E-state index in [1.54, 1.807) is 0 Å². The summed E-state index contributed by atoms with van der Waals surface area (Å²) in [5.41, 5.74) is -0.906. The van der Waals surface area contributed by atoms with E-state index in [0.29, 0.717) is 4.90 Å². The molecule has 0 bridgehead atoms. The largest absolute Gasteiger partial charge is 0.295 e. The van der Waals surface area contributed by atoms with Gasteiger partial charge in [0, 0.05) is 12.5 Å². The van der Waals surface area contributed by atoms with Crippen LogP contribution in [-0.4, -0.2) is 39.5 Å². The van der Waals surface area contributed by atoms with Gasteiger partial charge >= 0.3 is 0 Å². The second kappa shape index (κ2) is 4.72. The van der Waals surface area contributed by atoms with E-state index in [0.717, 1.165) is 6.07 Å². The fourth-order valence-electron chi connectivity index (χ4n) is 2.65. The molecule has 1 fully saturated rings. The van der Waals surface area contributed by atoms with Crippen molar-refractivity contribution >= 4 is 29.3 Å². The first-order valence-electron chi connectivity index (χ1n) is 6.41. The SMILES string of the molecule is O=C1CCC([15N]2C(=O)c3cccc([N+](=O)[O-])c3C2=O)C(=O)N1. The average Bonchev–Trinajstić information content (AvgIpc) is 2.72. The van der Waals surface area contributed by atoms with Crippen molar-refractivity contribution in [3.05, 3.63) is 39.4 Å². The number of hydrogen-bond acceptors (Lipinski definition) is 6. The van der Waals surface area contributed by atoms with Crippen molar-refractivity contribution in [3.8, 4) is 0 Å². The second-order valence-electron chi connectivity index (χ2n) is 4.90. The molecule has 1 unspecified atom stereocenters. The molecular weight excluding hydrogens is 295 g/mol. The highest BCUT2D eigenvalue weighted by Gasteiger charge is 2.47. The maximum Gasteiger partial charge on any atom is 0.282 e. The molecule has 0 aromatic heterocycles. The smallest absolute Gasteiger partial charge is 0.282 e.